The molecule has 0 bridgehead atoms. The van der Waals surface area contributed by atoms with Crippen LogP contribution in [0.15, 0.2) is 29.2 Å². The predicted octanol–water partition coefficient (Wildman–Crippen LogP) is 2.52. The fourth-order valence-corrected chi connectivity index (χ4v) is 1.84. The van der Waals surface area contributed by atoms with Crippen molar-refractivity contribution in [3.8, 4) is 0 Å². The van der Waals surface area contributed by atoms with Gasteiger partial charge in [0.15, 0.2) is 0 Å². The fourth-order valence-electron chi connectivity index (χ4n) is 0.768. The summed E-state index contributed by atoms with van der Waals surface area (Å²) in [7, 11) is 0. The van der Waals surface area contributed by atoms with E-state index < -0.39 is 6.10 Å². The van der Waals surface area contributed by atoms with Crippen LogP contribution in [0.1, 0.15) is 0 Å². The van der Waals surface area contributed by atoms with Gasteiger partial charge in [-0.15, -0.1) is 23.4 Å². The minimum atomic E-state index is -0.503. The van der Waals surface area contributed by atoms with Crippen LogP contribution >= 0.6 is 23.4 Å². The van der Waals surface area contributed by atoms with Gasteiger partial charge in [0.25, 0.3) is 0 Å². The van der Waals surface area contributed by atoms with Crippen LogP contribution in [0.5, 0.6) is 0 Å². The van der Waals surface area contributed by atoms with Gasteiger partial charge in [0.05, 0.1) is 6.10 Å². The molecule has 0 amide bonds. The number of hydrogen-bond donors (Lipinski definition) is 1. The van der Waals surface area contributed by atoms with E-state index in [1.54, 1.807) is 12.1 Å². The summed E-state index contributed by atoms with van der Waals surface area (Å²) >= 11 is 6.88. The third-order valence-corrected chi connectivity index (χ3v) is 2.95. The molecule has 1 rings (SSSR count). The molecule has 1 nitrogen and oxygen atoms in total. The van der Waals surface area contributed by atoms with E-state index in [9.17, 15) is 4.39 Å². The molecule has 1 unspecified atom stereocenters. The van der Waals surface area contributed by atoms with Crippen LogP contribution in [0, 0.1) is 5.82 Å². The standard InChI is InChI=1S/C9H10ClFOS/c10-5-8(12)6-13-9-3-1-7(11)2-4-9/h1-4,8,12H,5-6H2. The van der Waals surface area contributed by atoms with E-state index >= 15 is 0 Å². The lowest BCUT2D eigenvalue weighted by atomic mass is 10.4. The minimum Gasteiger partial charge on any atom is -0.391 e. The molecule has 0 saturated carbocycles. The summed E-state index contributed by atoms with van der Waals surface area (Å²) < 4.78 is 12.5. The predicted molar refractivity (Wildman–Crippen MR) is 53.9 cm³/mol. The molecule has 0 heterocycles. The molecule has 1 N–H and O–H groups in total. The lowest BCUT2D eigenvalue weighted by molar-refractivity contribution is 0.223. The van der Waals surface area contributed by atoms with Crippen LogP contribution < -0.4 is 0 Å². The molecule has 0 aromatic heterocycles. The molecule has 1 aromatic carbocycles. The maximum atomic E-state index is 12.5. The van der Waals surface area contributed by atoms with Crippen molar-refractivity contribution in [2.24, 2.45) is 0 Å². The fraction of sp³-hybridized carbons (Fsp3) is 0.333. The monoisotopic (exact) mass is 220 g/mol. The van der Waals surface area contributed by atoms with Crippen LogP contribution in [0.25, 0.3) is 0 Å². The highest BCUT2D eigenvalue weighted by Crippen LogP contribution is 2.19. The lowest BCUT2D eigenvalue weighted by Gasteiger charge is -2.05. The lowest BCUT2D eigenvalue weighted by Crippen LogP contribution is -2.10. The number of benzene rings is 1. The Bertz CT molecular complexity index is 252. The van der Waals surface area contributed by atoms with Gasteiger partial charge >= 0.3 is 0 Å². The van der Waals surface area contributed by atoms with Crippen molar-refractivity contribution in [2.45, 2.75) is 11.0 Å². The molecule has 72 valence electrons. The zero-order valence-electron chi connectivity index (χ0n) is 6.91. The molecule has 1 aromatic rings. The second-order valence-corrected chi connectivity index (χ2v) is 3.98. The Labute approximate surface area is 85.9 Å². The van der Waals surface area contributed by atoms with E-state index in [0.29, 0.717) is 5.75 Å². The molecule has 0 aliphatic carbocycles. The summed E-state index contributed by atoms with van der Waals surface area (Å²) in [5.41, 5.74) is 0. The first-order valence-corrected chi connectivity index (χ1v) is 5.37. The Morgan fingerprint density at radius 2 is 2.00 bits per heavy atom. The van der Waals surface area contributed by atoms with E-state index in [4.69, 9.17) is 16.7 Å². The average molecular weight is 221 g/mol. The highest BCUT2D eigenvalue weighted by atomic mass is 35.5. The first-order chi connectivity index (χ1) is 6.22. The van der Waals surface area contributed by atoms with Crippen LogP contribution in [0.4, 0.5) is 4.39 Å². The summed E-state index contributed by atoms with van der Waals surface area (Å²) in [6.07, 6.45) is -0.503. The second kappa shape index (κ2) is 5.47. The van der Waals surface area contributed by atoms with Crippen LogP contribution in [0.3, 0.4) is 0 Å². The van der Waals surface area contributed by atoms with Gasteiger partial charge in [-0.1, -0.05) is 0 Å². The van der Waals surface area contributed by atoms with E-state index in [2.05, 4.69) is 0 Å². The highest BCUT2D eigenvalue weighted by molar-refractivity contribution is 7.99. The normalized spacial score (nSPS) is 12.8. The maximum absolute atomic E-state index is 12.5. The van der Waals surface area contributed by atoms with Crippen LogP contribution in [-0.4, -0.2) is 22.8 Å². The number of thioether (sulfide) groups is 1. The van der Waals surface area contributed by atoms with Crippen molar-refractivity contribution < 1.29 is 9.50 Å². The summed E-state index contributed by atoms with van der Waals surface area (Å²) in [5, 5.41) is 9.15. The molecular formula is C9H10ClFOS. The van der Waals surface area contributed by atoms with Crippen molar-refractivity contribution in [1.29, 1.82) is 0 Å². The number of hydrogen-bond acceptors (Lipinski definition) is 2. The SMILES string of the molecule is OC(CCl)CSc1ccc(F)cc1. The molecule has 0 saturated heterocycles. The van der Waals surface area contributed by atoms with E-state index in [1.165, 1.54) is 23.9 Å². The van der Waals surface area contributed by atoms with Gasteiger partial charge in [-0.2, -0.15) is 0 Å². The van der Waals surface area contributed by atoms with Gasteiger partial charge < -0.3 is 5.11 Å². The number of aliphatic hydroxyl groups is 1. The van der Waals surface area contributed by atoms with Crippen molar-refractivity contribution in [3.63, 3.8) is 0 Å². The van der Waals surface area contributed by atoms with E-state index in [1.807, 2.05) is 0 Å². The van der Waals surface area contributed by atoms with Gasteiger partial charge in [0.1, 0.15) is 5.82 Å². The zero-order valence-corrected chi connectivity index (χ0v) is 8.48. The highest BCUT2D eigenvalue weighted by Gasteiger charge is 2.02. The van der Waals surface area contributed by atoms with E-state index in [0.717, 1.165) is 4.90 Å². The quantitative estimate of drug-likeness (QED) is 0.622. The summed E-state index contributed by atoms with van der Waals surface area (Å²) in [6.45, 7) is 0. The Hall–Kier alpha value is -0.250. The van der Waals surface area contributed by atoms with Crippen molar-refractivity contribution in [3.05, 3.63) is 30.1 Å². The molecule has 4 heteroatoms. The van der Waals surface area contributed by atoms with Crippen molar-refractivity contribution >= 4 is 23.4 Å². The largest absolute Gasteiger partial charge is 0.391 e. The van der Waals surface area contributed by atoms with E-state index in [-0.39, 0.29) is 11.7 Å². The first-order valence-electron chi connectivity index (χ1n) is 3.85. The van der Waals surface area contributed by atoms with Crippen molar-refractivity contribution in [2.75, 3.05) is 11.6 Å². The van der Waals surface area contributed by atoms with Gasteiger partial charge in [0, 0.05) is 16.5 Å². The average Bonchev–Trinajstić information content (AvgIpc) is 2.16. The number of halogens is 2. The zero-order chi connectivity index (χ0) is 9.68. The number of alkyl halides is 1. The summed E-state index contributed by atoms with van der Waals surface area (Å²) in [6, 6.07) is 6.16. The molecule has 0 radical (unpaired) electrons. The molecule has 0 spiro atoms. The van der Waals surface area contributed by atoms with Crippen molar-refractivity contribution in [1.82, 2.24) is 0 Å². The van der Waals surface area contributed by atoms with Gasteiger partial charge in [-0.25, -0.2) is 4.39 Å². The Balaban J connectivity index is 2.41. The second-order valence-electron chi connectivity index (χ2n) is 2.57. The van der Waals surface area contributed by atoms with Gasteiger partial charge in [-0.05, 0) is 24.3 Å². The summed E-state index contributed by atoms with van der Waals surface area (Å²) in [5.74, 6) is 0.519. The number of aliphatic hydroxyl groups excluding tert-OH is 1. The van der Waals surface area contributed by atoms with Gasteiger partial charge in [-0.3, -0.25) is 0 Å². The molecule has 0 aliphatic rings. The Morgan fingerprint density at radius 3 is 2.54 bits per heavy atom. The van der Waals surface area contributed by atoms with Crippen LogP contribution in [0.2, 0.25) is 0 Å². The molecule has 13 heavy (non-hydrogen) atoms. The third kappa shape index (κ3) is 3.98. The maximum Gasteiger partial charge on any atom is 0.123 e. The summed E-state index contributed by atoms with van der Waals surface area (Å²) in [4.78, 5) is 0.936. The smallest absolute Gasteiger partial charge is 0.123 e. The molecular weight excluding hydrogens is 211 g/mol. The molecule has 0 aliphatic heterocycles. The Kier molecular flexibility index (Phi) is 4.56. The number of rotatable bonds is 4. The third-order valence-electron chi connectivity index (χ3n) is 1.43. The van der Waals surface area contributed by atoms with Crippen LogP contribution in [-0.2, 0) is 0 Å². The molecule has 0 fully saturated rings. The minimum absolute atomic E-state index is 0.230. The Morgan fingerprint density at radius 1 is 1.38 bits per heavy atom. The van der Waals surface area contributed by atoms with Gasteiger partial charge in [0.2, 0.25) is 0 Å². The first kappa shape index (κ1) is 10.8. The topological polar surface area (TPSA) is 20.2 Å². The molecule has 1 atom stereocenters.